The summed E-state index contributed by atoms with van der Waals surface area (Å²) in [6, 6.07) is 9.01. The van der Waals surface area contributed by atoms with Crippen LogP contribution in [0.4, 0.5) is 0 Å². The predicted molar refractivity (Wildman–Crippen MR) is 88.9 cm³/mol. The molecule has 1 atom stereocenters. The monoisotopic (exact) mass is 291 g/mol. The molecule has 0 aliphatic carbocycles. The third kappa shape index (κ3) is 3.78. The molecule has 1 aliphatic heterocycles. The van der Waals surface area contributed by atoms with Gasteiger partial charge in [0, 0.05) is 31.2 Å². The topological polar surface area (TPSA) is 32.5 Å². The van der Waals surface area contributed by atoms with Crippen LogP contribution in [0.15, 0.2) is 24.3 Å². The van der Waals surface area contributed by atoms with Crippen molar-refractivity contribution < 1.29 is 0 Å². The molecule has 4 heteroatoms. The fraction of sp³-hybridized carbons (Fsp3) is 0.562. The number of nitrogens with zero attached hydrogens (tertiary/aromatic N) is 2. The molecule has 3 nitrogen and oxygen atoms in total. The van der Waals surface area contributed by atoms with Crippen molar-refractivity contribution in [2.75, 3.05) is 26.2 Å². The van der Waals surface area contributed by atoms with E-state index in [0.717, 1.165) is 25.2 Å². The maximum Gasteiger partial charge on any atom is 0.103 e. The van der Waals surface area contributed by atoms with Crippen LogP contribution in [-0.4, -0.2) is 47.0 Å². The van der Waals surface area contributed by atoms with Gasteiger partial charge in [-0.1, -0.05) is 44.3 Å². The van der Waals surface area contributed by atoms with Crippen molar-refractivity contribution in [3.63, 3.8) is 0 Å². The number of nitrogens with two attached hydrogens (primary N) is 1. The van der Waals surface area contributed by atoms with Gasteiger partial charge in [0.25, 0.3) is 0 Å². The summed E-state index contributed by atoms with van der Waals surface area (Å²) < 4.78 is 0. The Morgan fingerprint density at radius 1 is 1.40 bits per heavy atom. The van der Waals surface area contributed by atoms with E-state index in [0.29, 0.717) is 11.0 Å². The number of benzene rings is 1. The highest BCUT2D eigenvalue weighted by molar-refractivity contribution is 7.80. The summed E-state index contributed by atoms with van der Waals surface area (Å²) in [6.07, 6.45) is 1.27. The second-order valence-electron chi connectivity index (χ2n) is 5.46. The Hall–Kier alpha value is -0.970. The first-order valence-corrected chi connectivity index (χ1v) is 7.90. The summed E-state index contributed by atoms with van der Waals surface area (Å²) >= 11 is 5.05. The first-order chi connectivity index (χ1) is 9.63. The molecule has 1 aromatic rings. The number of thiocarbonyl (C=S) groups is 1. The van der Waals surface area contributed by atoms with Gasteiger partial charge >= 0.3 is 0 Å². The molecule has 0 amide bonds. The Morgan fingerprint density at radius 3 is 2.80 bits per heavy atom. The maximum absolute atomic E-state index is 5.70. The lowest BCUT2D eigenvalue weighted by Crippen LogP contribution is -2.37. The fourth-order valence-electron chi connectivity index (χ4n) is 3.08. The van der Waals surface area contributed by atoms with E-state index in [1.165, 1.54) is 25.1 Å². The maximum atomic E-state index is 5.70. The van der Waals surface area contributed by atoms with Gasteiger partial charge in [-0.3, -0.25) is 9.80 Å². The molecule has 0 bridgehead atoms. The number of likely N-dealkylation sites (N-methyl/N-ethyl adjacent to an activating group) is 1. The summed E-state index contributed by atoms with van der Waals surface area (Å²) in [4.78, 5) is 5.57. The number of likely N-dealkylation sites (tertiary alicyclic amines) is 1. The van der Waals surface area contributed by atoms with Crippen LogP contribution >= 0.6 is 12.2 Å². The molecule has 1 unspecified atom stereocenters. The average molecular weight is 291 g/mol. The Bertz CT molecular complexity index is 457. The summed E-state index contributed by atoms with van der Waals surface area (Å²) in [5.74, 6) is 0. The van der Waals surface area contributed by atoms with E-state index in [4.69, 9.17) is 18.0 Å². The van der Waals surface area contributed by atoms with Gasteiger partial charge in [0.15, 0.2) is 0 Å². The molecule has 1 aliphatic rings. The van der Waals surface area contributed by atoms with Gasteiger partial charge in [-0.2, -0.15) is 0 Å². The number of hydrogen-bond donors (Lipinski definition) is 1. The molecule has 1 heterocycles. The van der Waals surface area contributed by atoms with E-state index in [1.54, 1.807) is 0 Å². The van der Waals surface area contributed by atoms with Gasteiger partial charge in [0.2, 0.25) is 0 Å². The number of rotatable bonds is 6. The SMILES string of the molecule is CCN(CC)C1CCN(Cc2cccc(C(N)=S)c2)C1. The van der Waals surface area contributed by atoms with E-state index >= 15 is 0 Å². The smallest absolute Gasteiger partial charge is 0.103 e. The lowest BCUT2D eigenvalue weighted by Gasteiger charge is -2.26. The molecular weight excluding hydrogens is 266 g/mol. The quantitative estimate of drug-likeness (QED) is 0.815. The first-order valence-electron chi connectivity index (χ1n) is 7.49. The van der Waals surface area contributed by atoms with Crippen molar-refractivity contribution in [2.45, 2.75) is 32.9 Å². The minimum Gasteiger partial charge on any atom is -0.389 e. The lowest BCUT2D eigenvalue weighted by atomic mass is 10.1. The fourth-order valence-corrected chi connectivity index (χ4v) is 3.20. The minimum absolute atomic E-state index is 0.481. The standard InChI is InChI=1S/C16H25N3S/c1-3-19(4-2)15-8-9-18(12-15)11-13-6-5-7-14(10-13)16(17)20/h5-7,10,15H,3-4,8-9,11-12H2,1-2H3,(H2,17,20). The van der Waals surface area contributed by atoms with Crippen LogP contribution in [0.2, 0.25) is 0 Å². The molecule has 0 spiro atoms. The van der Waals surface area contributed by atoms with Crippen LogP contribution in [0.5, 0.6) is 0 Å². The predicted octanol–water partition coefficient (Wildman–Crippen LogP) is 2.24. The van der Waals surface area contributed by atoms with Crippen molar-refractivity contribution in [2.24, 2.45) is 5.73 Å². The van der Waals surface area contributed by atoms with Crippen LogP contribution in [0.1, 0.15) is 31.4 Å². The first kappa shape index (κ1) is 15.4. The molecule has 1 saturated heterocycles. The second-order valence-corrected chi connectivity index (χ2v) is 5.90. The molecule has 1 fully saturated rings. The highest BCUT2D eigenvalue weighted by atomic mass is 32.1. The molecule has 0 radical (unpaired) electrons. The molecule has 2 N–H and O–H groups in total. The zero-order valence-corrected chi connectivity index (χ0v) is 13.3. The summed E-state index contributed by atoms with van der Waals surface area (Å²) in [5.41, 5.74) is 7.97. The van der Waals surface area contributed by atoms with Crippen LogP contribution in [-0.2, 0) is 6.54 Å². The normalized spacial score (nSPS) is 19.6. The van der Waals surface area contributed by atoms with Crippen molar-refractivity contribution in [1.29, 1.82) is 0 Å². The molecule has 110 valence electrons. The Labute approximate surface area is 127 Å². The summed E-state index contributed by atoms with van der Waals surface area (Å²) in [7, 11) is 0. The molecular formula is C16H25N3S. The van der Waals surface area contributed by atoms with Gasteiger partial charge < -0.3 is 5.73 Å². The van der Waals surface area contributed by atoms with Gasteiger partial charge in [0.05, 0.1) is 0 Å². The van der Waals surface area contributed by atoms with E-state index in [2.05, 4.69) is 35.8 Å². The highest BCUT2D eigenvalue weighted by Gasteiger charge is 2.25. The third-order valence-electron chi connectivity index (χ3n) is 4.19. The van der Waals surface area contributed by atoms with Crippen LogP contribution in [0.25, 0.3) is 0 Å². The van der Waals surface area contributed by atoms with E-state index in [-0.39, 0.29) is 0 Å². The lowest BCUT2D eigenvalue weighted by molar-refractivity contribution is 0.209. The van der Waals surface area contributed by atoms with Crippen molar-refractivity contribution in [1.82, 2.24) is 9.80 Å². The van der Waals surface area contributed by atoms with E-state index < -0.39 is 0 Å². The van der Waals surface area contributed by atoms with Gasteiger partial charge in [-0.15, -0.1) is 0 Å². The van der Waals surface area contributed by atoms with Crippen molar-refractivity contribution in [3.8, 4) is 0 Å². The van der Waals surface area contributed by atoms with Crippen LogP contribution in [0, 0.1) is 0 Å². The Balaban J connectivity index is 1.95. The zero-order valence-electron chi connectivity index (χ0n) is 12.5. The zero-order chi connectivity index (χ0) is 14.5. The van der Waals surface area contributed by atoms with Gasteiger partial charge in [-0.25, -0.2) is 0 Å². The molecule has 1 aromatic carbocycles. The molecule has 20 heavy (non-hydrogen) atoms. The third-order valence-corrected chi connectivity index (χ3v) is 4.43. The van der Waals surface area contributed by atoms with Crippen molar-refractivity contribution >= 4 is 17.2 Å². The Morgan fingerprint density at radius 2 is 2.15 bits per heavy atom. The van der Waals surface area contributed by atoms with Crippen LogP contribution in [0.3, 0.4) is 0 Å². The average Bonchev–Trinajstić information content (AvgIpc) is 2.89. The molecule has 2 rings (SSSR count). The minimum atomic E-state index is 0.481. The van der Waals surface area contributed by atoms with Gasteiger partial charge in [-0.05, 0) is 31.1 Å². The van der Waals surface area contributed by atoms with E-state index in [1.807, 2.05) is 12.1 Å². The van der Waals surface area contributed by atoms with Gasteiger partial charge in [0.1, 0.15) is 4.99 Å². The largest absolute Gasteiger partial charge is 0.389 e. The Kier molecular flexibility index (Phi) is 5.52. The molecule has 0 aromatic heterocycles. The highest BCUT2D eigenvalue weighted by Crippen LogP contribution is 2.18. The van der Waals surface area contributed by atoms with Crippen LogP contribution < -0.4 is 5.73 Å². The number of hydrogen-bond acceptors (Lipinski definition) is 3. The summed E-state index contributed by atoms with van der Waals surface area (Å²) in [5, 5.41) is 0. The van der Waals surface area contributed by atoms with Crippen molar-refractivity contribution in [3.05, 3.63) is 35.4 Å². The summed E-state index contributed by atoms with van der Waals surface area (Å²) in [6.45, 7) is 10.1. The second kappa shape index (κ2) is 7.16. The van der Waals surface area contributed by atoms with E-state index in [9.17, 15) is 0 Å². The molecule has 0 saturated carbocycles.